The van der Waals surface area contributed by atoms with E-state index >= 15 is 0 Å². The van der Waals surface area contributed by atoms with Gasteiger partial charge in [0.05, 0.1) is 45.4 Å². The zero-order valence-electron chi connectivity index (χ0n) is 21.7. The summed E-state index contributed by atoms with van der Waals surface area (Å²) in [5, 5.41) is 14.4. The summed E-state index contributed by atoms with van der Waals surface area (Å²) in [6.45, 7) is 3.58. The largest absolute Gasteiger partial charge is 0.465 e. The van der Waals surface area contributed by atoms with Crippen molar-refractivity contribution in [2.24, 2.45) is 4.99 Å². The normalized spacial score (nSPS) is 12.8. The van der Waals surface area contributed by atoms with E-state index in [0.717, 1.165) is 52.8 Å². The Morgan fingerprint density at radius 3 is 2.62 bits per heavy atom. The lowest BCUT2D eigenvalue weighted by Crippen LogP contribution is -2.23. The van der Waals surface area contributed by atoms with Gasteiger partial charge in [0.25, 0.3) is 11.6 Å². The molecule has 12 nitrogen and oxygen atoms in total. The van der Waals surface area contributed by atoms with Crippen molar-refractivity contribution in [2.45, 2.75) is 39.7 Å². The molecule has 2 amide bonds. The van der Waals surface area contributed by atoms with Gasteiger partial charge >= 0.3 is 11.9 Å². The fourth-order valence-corrected chi connectivity index (χ4v) is 7.17. The number of thioether (sulfide) groups is 1. The van der Waals surface area contributed by atoms with Gasteiger partial charge in [-0.3, -0.25) is 24.5 Å². The molecule has 0 fully saturated rings. The first kappa shape index (κ1) is 29.4. The summed E-state index contributed by atoms with van der Waals surface area (Å²) >= 11 is 3.47. The number of hydrogen-bond donors (Lipinski definition) is 1. The maximum atomic E-state index is 12.7. The molecular formula is C25H26N4O8S3. The zero-order valence-corrected chi connectivity index (χ0v) is 24.2. The minimum Gasteiger partial charge on any atom is -0.465 e. The predicted octanol–water partition coefficient (Wildman–Crippen LogP) is 3.70. The second-order valence-corrected chi connectivity index (χ2v) is 11.6. The van der Waals surface area contributed by atoms with Crippen LogP contribution in [-0.4, -0.2) is 58.0 Å². The number of thiazole rings is 1. The second-order valence-electron chi connectivity index (χ2n) is 8.51. The Morgan fingerprint density at radius 1 is 1.12 bits per heavy atom. The number of thiophene rings is 1. The SMILES string of the molecule is CCOC(=O)Cn1c(=NC(=O)CSCC(=O)Nc2sc3c(c2C(=O)OCC)CCC3)sc2cc([N+](=O)[O-])ccc21. The molecule has 0 aliphatic heterocycles. The average Bonchev–Trinajstić information content (AvgIpc) is 3.57. The van der Waals surface area contributed by atoms with Crippen molar-refractivity contribution in [3.05, 3.63) is 49.1 Å². The summed E-state index contributed by atoms with van der Waals surface area (Å²) in [5.41, 5.74) is 1.73. The van der Waals surface area contributed by atoms with Crippen LogP contribution in [0.25, 0.3) is 10.2 Å². The molecule has 0 spiro atoms. The number of non-ortho nitro benzene ring substituents is 1. The lowest BCUT2D eigenvalue weighted by atomic mass is 10.1. The fraction of sp³-hybridized carbons (Fsp3) is 0.400. The van der Waals surface area contributed by atoms with E-state index in [1.54, 1.807) is 13.8 Å². The van der Waals surface area contributed by atoms with E-state index in [1.165, 1.54) is 34.1 Å². The molecule has 0 saturated heterocycles. The number of ether oxygens (including phenoxy) is 2. The maximum Gasteiger partial charge on any atom is 0.341 e. The van der Waals surface area contributed by atoms with Crippen LogP contribution in [0.3, 0.4) is 0 Å². The Hall–Kier alpha value is -3.56. The van der Waals surface area contributed by atoms with Crippen LogP contribution < -0.4 is 10.1 Å². The number of esters is 2. The highest BCUT2D eigenvalue weighted by Crippen LogP contribution is 2.39. The summed E-state index contributed by atoms with van der Waals surface area (Å²) in [6.07, 6.45) is 2.58. The van der Waals surface area contributed by atoms with E-state index in [-0.39, 0.29) is 47.7 Å². The number of benzene rings is 1. The standard InChI is InChI=1S/C25H26N4O8S3/c1-3-36-21(32)11-28-16-9-8-14(29(34)35)10-18(16)40-25(28)27-20(31)13-38-12-19(30)26-23-22(24(33)37-4-2)15-6-5-7-17(15)39-23/h8-10H,3-7,11-13H2,1-2H3,(H,26,30). The number of amides is 2. The van der Waals surface area contributed by atoms with E-state index in [1.807, 2.05) is 0 Å². The molecule has 1 aliphatic rings. The smallest absolute Gasteiger partial charge is 0.341 e. The highest BCUT2D eigenvalue weighted by Gasteiger charge is 2.28. The molecule has 2 aromatic heterocycles. The van der Waals surface area contributed by atoms with Gasteiger partial charge in [0.2, 0.25) is 5.91 Å². The van der Waals surface area contributed by atoms with Gasteiger partial charge in [-0.1, -0.05) is 11.3 Å². The molecule has 0 saturated carbocycles. The Bertz CT molecular complexity index is 1560. The molecule has 1 aromatic carbocycles. The molecule has 1 N–H and O–H groups in total. The lowest BCUT2D eigenvalue weighted by Gasteiger charge is -2.07. The minimum absolute atomic E-state index is 0.0481. The van der Waals surface area contributed by atoms with Crippen molar-refractivity contribution >= 4 is 79.1 Å². The summed E-state index contributed by atoms with van der Waals surface area (Å²) < 4.78 is 12.2. The van der Waals surface area contributed by atoms with Gasteiger partial charge in [0.1, 0.15) is 11.5 Å². The number of aryl methyl sites for hydroxylation is 1. The quantitative estimate of drug-likeness (QED) is 0.195. The lowest BCUT2D eigenvalue weighted by molar-refractivity contribution is -0.384. The van der Waals surface area contributed by atoms with Crippen LogP contribution in [0.4, 0.5) is 10.7 Å². The van der Waals surface area contributed by atoms with Gasteiger partial charge in [-0.05, 0) is 44.7 Å². The van der Waals surface area contributed by atoms with Crippen LogP contribution in [0.5, 0.6) is 0 Å². The first-order valence-electron chi connectivity index (χ1n) is 12.4. The van der Waals surface area contributed by atoms with Crippen molar-refractivity contribution < 1.29 is 33.6 Å². The molecule has 212 valence electrons. The van der Waals surface area contributed by atoms with Crippen molar-refractivity contribution in [1.29, 1.82) is 0 Å². The molecule has 0 atom stereocenters. The van der Waals surface area contributed by atoms with E-state index < -0.39 is 22.8 Å². The van der Waals surface area contributed by atoms with E-state index in [2.05, 4.69) is 10.3 Å². The number of fused-ring (bicyclic) bond motifs is 2. The number of aromatic nitrogens is 1. The highest BCUT2D eigenvalue weighted by molar-refractivity contribution is 8.00. The molecule has 0 unspecified atom stereocenters. The van der Waals surface area contributed by atoms with Crippen LogP contribution in [0.2, 0.25) is 0 Å². The highest BCUT2D eigenvalue weighted by atomic mass is 32.2. The zero-order chi connectivity index (χ0) is 28.8. The number of carbonyl (C=O) groups excluding carboxylic acids is 4. The first-order chi connectivity index (χ1) is 19.2. The predicted molar refractivity (Wildman–Crippen MR) is 152 cm³/mol. The van der Waals surface area contributed by atoms with Crippen LogP contribution in [0.15, 0.2) is 23.2 Å². The molecule has 1 aliphatic carbocycles. The summed E-state index contributed by atoms with van der Waals surface area (Å²) in [6, 6.07) is 4.17. The molecule has 0 radical (unpaired) electrons. The third-order valence-electron chi connectivity index (χ3n) is 5.80. The van der Waals surface area contributed by atoms with Gasteiger partial charge in [0, 0.05) is 17.0 Å². The van der Waals surface area contributed by atoms with Crippen LogP contribution in [-0.2, 0) is 43.2 Å². The van der Waals surface area contributed by atoms with Crippen LogP contribution in [0.1, 0.15) is 41.1 Å². The van der Waals surface area contributed by atoms with E-state index in [0.29, 0.717) is 20.8 Å². The molecule has 2 heterocycles. The maximum absolute atomic E-state index is 12.7. The van der Waals surface area contributed by atoms with Gasteiger partial charge in [0.15, 0.2) is 4.80 Å². The first-order valence-corrected chi connectivity index (χ1v) is 15.2. The van der Waals surface area contributed by atoms with Crippen LogP contribution >= 0.6 is 34.4 Å². The van der Waals surface area contributed by atoms with Crippen molar-refractivity contribution in [3.8, 4) is 0 Å². The Kier molecular flexibility index (Phi) is 9.71. The number of nitrogens with one attached hydrogen (secondary N) is 1. The second kappa shape index (κ2) is 13.2. The summed E-state index contributed by atoms with van der Waals surface area (Å²) in [5.74, 6) is -2.07. The van der Waals surface area contributed by atoms with Crippen molar-refractivity contribution in [2.75, 3.05) is 30.0 Å². The topological polar surface area (TPSA) is 159 Å². The van der Waals surface area contributed by atoms with Gasteiger partial charge in [-0.25, -0.2) is 4.79 Å². The average molecular weight is 607 g/mol. The number of nitro groups is 1. The van der Waals surface area contributed by atoms with Gasteiger partial charge in [-0.15, -0.1) is 23.1 Å². The Labute approximate surface area is 240 Å². The third-order valence-corrected chi connectivity index (χ3v) is 8.97. The van der Waals surface area contributed by atoms with Gasteiger partial charge in [-0.2, -0.15) is 4.99 Å². The van der Waals surface area contributed by atoms with Crippen LogP contribution in [0, 0.1) is 10.1 Å². The number of anilines is 1. The van der Waals surface area contributed by atoms with Gasteiger partial charge < -0.3 is 19.4 Å². The number of carbonyl (C=O) groups is 4. The number of rotatable bonds is 11. The number of nitro benzene ring substituents is 1. The number of hydrogen-bond acceptors (Lipinski definition) is 11. The minimum atomic E-state index is -0.543. The van der Waals surface area contributed by atoms with E-state index in [9.17, 15) is 29.3 Å². The van der Waals surface area contributed by atoms with Crippen molar-refractivity contribution in [3.63, 3.8) is 0 Å². The Balaban J connectivity index is 1.45. The van der Waals surface area contributed by atoms with Crippen molar-refractivity contribution in [1.82, 2.24) is 4.57 Å². The molecule has 40 heavy (non-hydrogen) atoms. The van der Waals surface area contributed by atoms with E-state index in [4.69, 9.17) is 9.47 Å². The molecule has 3 aromatic rings. The molecular weight excluding hydrogens is 580 g/mol. The summed E-state index contributed by atoms with van der Waals surface area (Å²) in [4.78, 5) is 66.0. The molecule has 15 heteroatoms. The number of nitrogens with zero attached hydrogens (tertiary/aromatic N) is 3. The fourth-order valence-electron chi connectivity index (χ4n) is 4.19. The summed E-state index contributed by atoms with van der Waals surface area (Å²) in [7, 11) is 0. The monoisotopic (exact) mass is 606 g/mol. The third kappa shape index (κ3) is 6.77. The Morgan fingerprint density at radius 2 is 1.90 bits per heavy atom. The molecule has 0 bridgehead atoms. The molecule has 4 rings (SSSR count).